The Morgan fingerprint density at radius 1 is 1.12 bits per heavy atom. The molecule has 0 aliphatic carbocycles. The highest BCUT2D eigenvalue weighted by Crippen LogP contribution is 2.34. The fraction of sp³-hybridized carbons (Fsp3) is 0.0526. The molecule has 0 atom stereocenters. The second-order valence-corrected chi connectivity index (χ2v) is 6.31. The quantitative estimate of drug-likeness (QED) is 0.389. The third kappa shape index (κ3) is 2.49. The van der Waals surface area contributed by atoms with E-state index in [2.05, 4.69) is 28.4 Å². The van der Waals surface area contributed by atoms with Crippen LogP contribution < -0.4 is 0 Å². The lowest BCUT2D eigenvalue weighted by Gasteiger charge is -2.12. The first-order chi connectivity index (χ1) is 12.6. The molecule has 4 aromatic rings. The van der Waals surface area contributed by atoms with E-state index in [1.165, 1.54) is 12.1 Å². The first-order valence-electron chi connectivity index (χ1n) is 7.93. The Balaban J connectivity index is 2.02. The van der Waals surface area contributed by atoms with Crippen molar-refractivity contribution in [2.24, 2.45) is 5.18 Å². The van der Waals surface area contributed by atoms with Gasteiger partial charge in [-0.15, -0.1) is 4.91 Å². The SMILES string of the molecule is Cc1ccc(-n2c(-c3ccc(N=O)cc3O)n[nH]c2=S)c2ccccc12. The van der Waals surface area contributed by atoms with Gasteiger partial charge in [0.15, 0.2) is 10.6 Å². The number of hydrogen-bond donors (Lipinski definition) is 2. The standard InChI is InChI=1S/C19H14N4O2S/c1-11-6-9-16(14-5-3-2-4-13(11)14)23-18(20-21-19(23)26)15-8-7-12(22-25)10-17(15)24/h2-10,24H,1H3,(H,21,26). The summed E-state index contributed by atoms with van der Waals surface area (Å²) in [5.74, 6) is 0.368. The van der Waals surface area contributed by atoms with Crippen LogP contribution in [0.2, 0.25) is 0 Å². The third-order valence-corrected chi connectivity index (χ3v) is 4.63. The van der Waals surface area contributed by atoms with E-state index in [0.29, 0.717) is 16.2 Å². The zero-order valence-electron chi connectivity index (χ0n) is 13.8. The number of nitrogens with one attached hydrogen (secondary N) is 1. The Labute approximate surface area is 153 Å². The van der Waals surface area contributed by atoms with Crippen LogP contribution in [0.1, 0.15) is 5.56 Å². The van der Waals surface area contributed by atoms with E-state index in [-0.39, 0.29) is 11.4 Å². The topological polar surface area (TPSA) is 83.3 Å². The molecule has 6 nitrogen and oxygen atoms in total. The van der Waals surface area contributed by atoms with Gasteiger partial charge < -0.3 is 5.11 Å². The Morgan fingerprint density at radius 2 is 1.88 bits per heavy atom. The van der Waals surface area contributed by atoms with Gasteiger partial charge in [0.2, 0.25) is 0 Å². The van der Waals surface area contributed by atoms with Crippen LogP contribution in [0.4, 0.5) is 5.69 Å². The summed E-state index contributed by atoms with van der Waals surface area (Å²) >= 11 is 5.44. The van der Waals surface area contributed by atoms with Gasteiger partial charge in [-0.05, 0) is 53.5 Å². The van der Waals surface area contributed by atoms with Crippen molar-refractivity contribution in [2.75, 3.05) is 0 Å². The molecule has 1 heterocycles. The Morgan fingerprint density at radius 3 is 2.62 bits per heavy atom. The number of aromatic amines is 1. The summed E-state index contributed by atoms with van der Waals surface area (Å²) in [5.41, 5.74) is 2.62. The summed E-state index contributed by atoms with van der Waals surface area (Å²) in [6.07, 6.45) is 0. The largest absolute Gasteiger partial charge is 0.507 e. The normalized spacial score (nSPS) is 11.0. The molecule has 0 aliphatic rings. The molecule has 0 radical (unpaired) electrons. The number of aromatic nitrogens is 3. The van der Waals surface area contributed by atoms with Gasteiger partial charge >= 0.3 is 0 Å². The number of nitrogens with zero attached hydrogens (tertiary/aromatic N) is 3. The van der Waals surface area contributed by atoms with Crippen molar-refractivity contribution >= 4 is 28.7 Å². The maximum Gasteiger partial charge on any atom is 0.200 e. The number of aromatic hydroxyl groups is 1. The maximum absolute atomic E-state index is 10.7. The number of rotatable bonds is 3. The van der Waals surface area contributed by atoms with Gasteiger partial charge in [-0.2, -0.15) is 5.10 Å². The van der Waals surface area contributed by atoms with Crippen LogP contribution in [0.5, 0.6) is 5.75 Å². The minimum absolute atomic E-state index is 0.0891. The van der Waals surface area contributed by atoms with E-state index in [0.717, 1.165) is 22.0 Å². The third-order valence-electron chi connectivity index (χ3n) is 4.36. The van der Waals surface area contributed by atoms with Crippen molar-refractivity contribution in [1.29, 1.82) is 0 Å². The minimum Gasteiger partial charge on any atom is -0.507 e. The predicted octanol–water partition coefficient (Wildman–Crippen LogP) is 5.16. The van der Waals surface area contributed by atoms with Crippen LogP contribution >= 0.6 is 12.2 Å². The fourth-order valence-electron chi connectivity index (χ4n) is 3.10. The lowest BCUT2D eigenvalue weighted by molar-refractivity contribution is 0.477. The van der Waals surface area contributed by atoms with Gasteiger partial charge in [0.25, 0.3) is 0 Å². The number of phenols is 1. The van der Waals surface area contributed by atoms with Crippen molar-refractivity contribution in [3.8, 4) is 22.8 Å². The number of aryl methyl sites for hydroxylation is 1. The van der Waals surface area contributed by atoms with Crippen LogP contribution in [0.15, 0.2) is 59.8 Å². The Bertz CT molecular complexity index is 1210. The average Bonchev–Trinajstić information content (AvgIpc) is 3.03. The monoisotopic (exact) mass is 362 g/mol. The molecule has 26 heavy (non-hydrogen) atoms. The van der Waals surface area contributed by atoms with E-state index in [9.17, 15) is 10.0 Å². The summed E-state index contributed by atoms with van der Waals surface area (Å²) in [6, 6.07) is 16.5. The molecule has 0 spiro atoms. The van der Waals surface area contributed by atoms with E-state index in [4.69, 9.17) is 12.2 Å². The Hall–Kier alpha value is -3.32. The van der Waals surface area contributed by atoms with Gasteiger partial charge in [0.05, 0.1) is 11.3 Å². The van der Waals surface area contributed by atoms with Crippen LogP contribution in [0, 0.1) is 16.6 Å². The summed E-state index contributed by atoms with van der Waals surface area (Å²) in [5, 5.41) is 22.4. The van der Waals surface area contributed by atoms with E-state index in [1.807, 2.05) is 30.3 Å². The predicted molar refractivity (Wildman–Crippen MR) is 104 cm³/mol. The average molecular weight is 362 g/mol. The number of nitroso groups, excluding NO2 is 1. The lowest BCUT2D eigenvalue weighted by Crippen LogP contribution is -1.99. The van der Waals surface area contributed by atoms with Gasteiger partial charge in [-0.3, -0.25) is 9.67 Å². The maximum atomic E-state index is 10.7. The van der Waals surface area contributed by atoms with Crippen LogP contribution in [0.25, 0.3) is 27.8 Å². The molecule has 3 aromatic carbocycles. The molecule has 0 amide bonds. The highest BCUT2D eigenvalue weighted by atomic mass is 32.1. The summed E-state index contributed by atoms with van der Waals surface area (Å²) < 4.78 is 2.19. The van der Waals surface area contributed by atoms with Gasteiger partial charge in [0, 0.05) is 11.5 Å². The molecule has 1 aromatic heterocycles. The molecule has 0 saturated heterocycles. The zero-order valence-corrected chi connectivity index (χ0v) is 14.6. The number of phenolic OH excluding ortho intramolecular Hbond substituents is 1. The van der Waals surface area contributed by atoms with Gasteiger partial charge in [0.1, 0.15) is 11.4 Å². The molecule has 7 heteroatoms. The van der Waals surface area contributed by atoms with Crippen molar-refractivity contribution in [3.63, 3.8) is 0 Å². The van der Waals surface area contributed by atoms with E-state index >= 15 is 0 Å². The van der Waals surface area contributed by atoms with Crippen molar-refractivity contribution in [2.45, 2.75) is 6.92 Å². The van der Waals surface area contributed by atoms with Crippen LogP contribution in [-0.2, 0) is 0 Å². The lowest BCUT2D eigenvalue weighted by atomic mass is 10.0. The molecule has 0 bridgehead atoms. The molecule has 2 N–H and O–H groups in total. The number of hydrogen-bond acceptors (Lipinski definition) is 5. The summed E-state index contributed by atoms with van der Waals surface area (Å²) in [6.45, 7) is 2.05. The molecule has 0 aliphatic heterocycles. The minimum atomic E-state index is -0.0891. The fourth-order valence-corrected chi connectivity index (χ4v) is 3.33. The smallest absolute Gasteiger partial charge is 0.200 e. The second-order valence-electron chi connectivity index (χ2n) is 5.93. The van der Waals surface area contributed by atoms with Crippen molar-refractivity contribution in [3.05, 3.63) is 69.8 Å². The van der Waals surface area contributed by atoms with Crippen LogP contribution in [0.3, 0.4) is 0 Å². The van der Waals surface area contributed by atoms with Gasteiger partial charge in [-0.1, -0.05) is 30.3 Å². The molecule has 0 saturated carbocycles. The highest BCUT2D eigenvalue weighted by Gasteiger charge is 2.17. The highest BCUT2D eigenvalue weighted by molar-refractivity contribution is 7.71. The summed E-state index contributed by atoms with van der Waals surface area (Å²) in [7, 11) is 0. The molecular formula is C19H14N4O2S. The molecule has 0 unspecified atom stereocenters. The van der Waals surface area contributed by atoms with Crippen molar-refractivity contribution in [1.82, 2.24) is 14.8 Å². The number of H-pyrrole nitrogens is 1. The first kappa shape index (κ1) is 16.2. The molecule has 128 valence electrons. The van der Waals surface area contributed by atoms with E-state index < -0.39 is 0 Å². The molecule has 4 rings (SSSR count). The number of benzene rings is 3. The second kappa shape index (κ2) is 6.20. The first-order valence-corrected chi connectivity index (χ1v) is 8.34. The molecular weight excluding hydrogens is 348 g/mol. The number of fused-ring (bicyclic) bond motifs is 1. The summed E-state index contributed by atoms with van der Waals surface area (Å²) in [4.78, 5) is 10.7. The molecule has 0 fully saturated rings. The zero-order chi connectivity index (χ0) is 18.3. The van der Waals surface area contributed by atoms with Crippen LogP contribution in [-0.4, -0.2) is 19.9 Å². The van der Waals surface area contributed by atoms with E-state index in [1.54, 1.807) is 10.6 Å². The Kier molecular flexibility index (Phi) is 3.85. The van der Waals surface area contributed by atoms with Crippen molar-refractivity contribution < 1.29 is 5.11 Å². The van der Waals surface area contributed by atoms with Gasteiger partial charge in [-0.25, -0.2) is 0 Å².